The summed E-state index contributed by atoms with van der Waals surface area (Å²) in [5.41, 5.74) is 4.43. The van der Waals surface area contributed by atoms with Crippen LogP contribution in [0, 0.1) is 13.8 Å². The summed E-state index contributed by atoms with van der Waals surface area (Å²) in [6, 6.07) is 8.40. The summed E-state index contributed by atoms with van der Waals surface area (Å²) in [6.45, 7) is 4.18. The average Bonchev–Trinajstić information content (AvgIpc) is 2.29. The van der Waals surface area contributed by atoms with Gasteiger partial charge in [-0.15, -0.1) is 0 Å². The number of nitrogens with zero attached hydrogens (tertiary/aromatic N) is 2. The topological polar surface area (TPSA) is 25.8 Å². The molecule has 0 aliphatic carbocycles. The number of fused-ring (bicyclic) bond motifs is 3. The minimum Gasteiger partial charge on any atom is -0.254 e. The van der Waals surface area contributed by atoms with E-state index < -0.39 is 0 Å². The quantitative estimate of drug-likeness (QED) is 0.529. The predicted octanol–water partition coefficient (Wildman–Crippen LogP) is 3.40. The van der Waals surface area contributed by atoms with Crippen molar-refractivity contribution in [2.45, 2.75) is 13.8 Å². The predicted molar refractivity (Wildman–Crippen MR) is 66.5 cm³/mol. The number of rotatable bonds is 0. The Balaban J connectivity index is 2.59. The number of hydrogen-bond acceptors (Lipinski definition) is 2. The molecule has 0 aliphatic rings. The van der Waals surface area contributed by atoms with E-state index in [0.717, 1.165) is 11.0 Å². The Morgan fingerprint density at radius 1 is 1.00 bits per heavy atom. The SMILES string of the molecule is Cc1cnc2c(c1)cc(C)c1cccnc12. The highest BCUT2D eigenvalue weighted by Crippen LogP contribution is 2.25. The molecule has 3 aromatic rings. The maximum atomic E-state index is 4.49. The first-order chi connectivity index (χ1) is 7.75. The summed E-state index contributed by atoms with van der Waals surface area (Å²) in [7, 11) is 0. The van der Waals surface area contributed by atoms with Gasteiger partial charge < -0.3 is 0 Å². The van der Waals surface area contributed by atoms with Crippen LogP contribution in [0.2, 0.25) is 0 Å². The molecule has 0 saturated carbocycles. The Kier molecular flexibility index (Phi) is 1.90. The monoisotopic (exact) mass is 208 g/mol. The molecule has 0 unspecified atom stereocenters. The van der Waals surface area contributed by atoms with Crippen LogP contribution in [0.3, 0.4) is 0 Å². The van der Waals surface area contributed by atoms with Gasteiger partial charge in [0, 0.05) is 23.2 Å². The number of benzene rings is 1. The molecule has 2 nitrogen and oxygen atoms in total. The van der Waals surface area contributed by atoms with Gasteiger partial charge in [0.2, 0.25) is 0 Å². The molecule has 0 fully saturated rings. The zero-order valence-corrected chi connectivity index (χ0v) is 9.36. The fourth-order valence-corrected chi connectivity index (χ4v) is 2.12. The number of aromatic nitrogens is 2. The molecule has 0 spiro atoms. The first kappa shape index (κ1) is 9.28. The van der Waals surface area contributed by atoms with Crippen LogP contribution < -0.4 is 0 Å². The first-order valence-electron chi connectivity index (χ1n) is 5.36. The smallest absolute Gasteiger partial charge is 0.0967 e. The summed E-state index contributed by atoms with van der Waals surface area (Å²) in [5.74, 6) is 0. The number of hydrogen-bond donors (Lipinski definition) is 0. The van der Waals surface area contributed by atoms with E-state index in [2.05, 4.69) is 42.0 Å². The molecule has 0 aliphatic heterocycles. The van der Waals surface area contributed by atoms with Gasteiger partial charge in [-0.05, 0) is 43.2 Å². The van der Waals surface area contributed by atoms with E-state index in [-0.39, 0.29) is 0 Å². The van der Waals surface area contributed by atoms with Crippen molar-refractivity contribution in [1.82, 2.24) is 9.97 Å². The molecule has 2 heterocycles. The van der Waals surface area contributed by atoms with Crippen LogP contribution in [0.5, 0.6) is 0 Å². The lowest BCUT2D eigenvalue weighted by atomic mass is 10.0. The van der Waals surface area contributed by atoms with Crippen molar-refractivity contribution < 1.29 is 0 Å². The zero-order valence-electron chi connectivity index (χ0n) is 9.36. The molecule has 1 aromatic carbocycles. The molecule has 0 bridgehead atoms. The Labute approximate surface area is 94.0 Å². The lowest BCUT2D eigenvalue weighted by Crippen LogP contribution is -1.88. The Bertz CT molecular complexity index is 687. The maximum absolute atomic E-state index is 4.49. The van der Waals surface area contributed by atoms with Crippen molar-refractivity contribution in [1.29, 1.82) is 0 Å². The highest BCUT2D eigenvalue weighted by Gasteiger charge is 2.05. The van der Waals surface area contributed by atoms with Crippen LogP contribution in [-0.2, 0) is 0 Å². The van der Waals surface area contributed by atoms with Gasteiger partial charge in [0.1, 0.15) is 0 Å². The molecule has 3 rings (SSSR count). The van der Waals surface area contributed by atoms with Gasteiger partial charge in [-0.3, -0.25) is 9.97 Å². The Morgan fingerprint density at radius 3 is 2.75 bits per heavy atom. The molecule has 2 aromatic heterocycles. The van der Waals surface area contributed by atoms with Crippen LogP contribution >= 0.6 is 0 Å². The van der Waals surface area contributed by atoms with Gasteiger partial charge in [0.15, 0.2) is 0 Å². The van der Waals surface area contributed by atoms with Gasteiger partial charge in [0.05, 0.1) is 11.0 Å². The van der Waals surface area contributed by atoms with Gasteiger partial charge in [-0.25, -0.2) is 0 Å². The second kappa shape index (κ2) is 3.27. The fraction of sp³-hybridized carbons (Fsp3) is 0.143. The van der Waals surface area contributed by atoms with Crippen molar-refractivity contribution in [3.8, 4) is 0 Å². The van der Waals surface area contributed by atoms with E-state index >= 15 is 0 Å². The molecular weight excluding hydrogens is 196 g/mol. The molecule has 0 N–H and O–H groups in total. The summed E-state index contributed by atoms with van der Waals surface area (Å²) < 4.78 is 0. The second-order valence-electron chi connectivity index (χ2n) is 4.18. The van der Waals surface area contributed by atoms with E-state index in [1.165, 1.54) is 21.9 Å². The molecule has 0 saturated heterocycles. The lowest BCUT2D eigenvalue weighted by Gasteiger charge is -2.05. The standard InChI is InChI=1S/C14H12N2/c1-9-6-11-7-10(2)12-4-3-5-15-14(12)13(11)16-8-9/h3-8H,1-2H3. The minimum absolute atomic E-state index is 0.992. The summed E-state index contributed by atoms with van der Waals surface area (Å²) in [6.07, 6.45) is 3.72. The zero-order chi connectivity index (χ0) is 11.1. The van der Waals surface area contributed by atoms with Crippen molar-refractivity contribution in [3.05, 3.63) is 47.8 Å². The summed E-state index contributed by atoms with van der Waals surface area (Å²) >= 11 is 0. The van der Waals surface area contributed by atoms with E-state index in [1.54, 1.807) is 0 Å². The van der Waals surface area contributed by atoms with E-state index in [4.69, 9.17) is 0 Å². The maximum Gasteiger partial charge on any atom is 0.0967 e. The molecule has 2 heteroatoms. The van der Waals surface area contributed by atoms with Crippen molar-refractivity contribution in [2.24, 2.45) is 0 Å². The number of aryl methyl sites for hydroxylation is 2. The van der Waals surface area contributed by atoms with E-state index in [9.17, 15) is 0 Å². The van der Waals surface area contributed by atoms with Gasteiger partial charge in [0.25, 0.3) is 0 Å². The molecule has 0 amide bonds. The molecule has 0 atom stereocenters. The second-order valence-corrected chi connectivity index (χ2v) is 4.18. The highest BCUT2D eigenvalue weighted by atomic mass is 14.7. The van der Waals surface area contributed by atoms with Crippen LogP contribution in [0.1, 0.15) is 11.1 Å². The molecular formula is C14H12N2. The largest absolute Gasteiger partial charge is 0.254 e. The summed E-state index contributed by atoms with van der Waals surface area (Å²) in [4.78, 5) is 8.92. The lowest BCUT2D eigenvalue weighted by molar-refractivity contribution is 1.32. The van der Waals surface area contributed by atoms with Crippen molar-refractivity contribution >= 4 is 21.8 Å². The molecule has 16 heavy (non-hydrogen) atoms. The third kappa shape index (κ3) is 1.27. The van der Waals surface area contributed by atoms with Crippen LogP contribution in [0.15, 0.2) is 36.7 Å². The first-order valence-corrected chi connectivity index (χ1v) is 5.36. The van der Waals surface area contributed by atoms with Crippen LogP contribution in [0.4, 0.5) is 0 Å². The van der Waals surface area contributed by atoms with Crippen molar-refractivity contribution in [3.63, 3.8) is 0 Å². The van der Waals surface area contributed by atoms with E-state index in [1.807, 2.05) is 18.5 Å². The average molecular weight is 208 g/mol. The third-order valence-electron chi connectivity index (χ3n) is 2.88. The fourth-order valence-electron chi connectivity index (χ4n) is 2.12. The third-order valence-corrected chi connectivity index (χ3v) is 2.88. The van der Waals surface area contributed by atoms with Gasteiger partial charge >= 0.3 is 0 Å². The molecule has 0 radical (unpaired) electrons. The van der Waals surface area contributed by atoms with E-state index in [0.29, 0.717) is 0 Å². The highest BCUT2D eigenvalue weighted by molar-refractivity contribution is 6.04. The van der Waals surface area contributed by atoms with Crippen molar-refractivity contribution in [2.75, 3.05) is 0 Å². The Hall–Kier alpha value is -1.96. The van der Waals surface area contributed by atoms with Gasteiger partial charge in [-0.2, -0.15) is 0 Å². The Morgan fingerprint density at radius 2 is 1.88 bits per heavy atom. The minimum atomic E-state index is 0.992. The van der Waals surface area contributed by atoms with Crippen LogP contribution in [-0.4, -0.2) is 9.97 Å². The number of pyridine rings is 2. The summed E-state index contributed by atoms with van der Waals surface area (Å²) in [5, 5.41) is 2.36. The van der Waals surface area contributed by atoms with Crippen LogP contribution in [0.25, 0.3) is 21.8 Å². The normalized spacial score (nSPS) is 11.1. The van der Waals surface area contributed by atoms with Gasteiger partial charge in [-0.1, -0.05) is 6.07 Å². The molecule has 78 valence electrons.